The highest BCUT2D eigenvalue weighted by molar-refractivity contribution is 5.98. The lowest BCUT2D eigenvalue weighted by Crippen LogP contribution is -2.42. The van der Waals surface area contributed by atoms with E-state index in [4.69, 9.17) is 4.74 Å². The highest BCUT2D eigenvalue weighted by atomic mass is 16.5. The molecule has 0 saturated heterocycles. The molecule has 3 rings (SSSR count). The lowest BCUT2D eigenvalue weighted by Gasteiger charge is -2.14. The van der Waals surface area contributed by atoms with Crippen molar-refractivity contribution < 1.29 is 19.1 Å². The second-order valence-corrected chi connectivity index (χ2v) is 6.80. The number of carbonyl (C=O) groups is 3. The Balaban J connectivity index is 1.60. The van der Waals surface area contributed by atoms with Gasteiger partial charge in [0.25, 0.3) is 5.56 Å². The SMILES string of the molecule is CCOC(=O)c1ccc(NC(=O)C(C)NC(=O)Cc2n[nH]c(=O)c3ccccc23)cc1. The first-order valence-electron chi connectivity index (χ1n) is 9.72. The van der Waals surface area contributed by atoms with E-state index < -0.39 is 23.8 Å². The molecule has 31 heavy (non-hydrogen) atoms. The van der Waals surface area contributed by atoms with Gasteiger partial charge in [0.1, 0.15) is 6.04 Å². The molecule has 2 amide bonds. The topological polar surface area (TPSA) is 130 Å². The summed E-state index contributed by atoms with van der Waals surface area (Å²) >= 11 is 0. The monoisotopic (exact) mass is 422 g/mol. The van der Waals surface area contributed by atoms with E-state index in [-0.39, 0.29) is 18.6 Å². The number of amides is 2. The van der Waals surface area contributed by atoms with Crippen LogP contribution in [0.4, 0.5) is 5.69 Å². The molecule has 0 saturated carbocycles. The maximum atomic E-state index is 12.4. The minimum absolute atomic E-state index is 0.0941. The predicted octanol–water partition coefficient (Wildman–Crippen LogP) is 1.79. The molecule has 0 aliphatic rings. The Morgan fingerprint density at radius 2 is 1.74 bits per heavy atom. The van der Waals surface area contributed by atoms with Gasteiger partial charge >= 0.3 is 5.97 Å². The number of fused-ring (bicyclic) bond motifs is 1. The van der Waals surface area contributed by atoms with Gasteiger partial charge in [0, 0.05) is 11.1 Å². The molecule has 9 nitrogen and oxygen atoms in total. The molecule has 0 fully saturated rings. The number of aromatic nitrogens is 2. The van der Waals surface area contributed by atoms with Crippen molar-refractivity contribution in [2.24, 2.45) is 0 Å². The summed E-state index contributed by atoms with van der Waals surface area (Å²) in [5.74, 6) is -1.27. The zero-order valence-electron chi connectivity index (χ0n) is 17.1. The highest BCUT2D eigenvalue weighted by Gasteiger charge is 2.18. The fraction of sp³-hybridized carbons (Fsp3) is 0.227. The molecule has 1 atom stereocenters. The molecule has 160 valence electrons. The van der Waals surface area contributed by atoms with E-state index in [1.54, 1.807) is 62.4 Å². The molecule has 0 aliphatic heterocycles. The van der Waals surface area contributed by atoms with Gasteiger partial charge in [-0.25, -0.2) is 9.89 Å². The molecule has 1 unspecified atom stereocenters. The second-order valence-electron chi connectivity index (χ2n) is 6.80. The van der Waals surface area contributed by atoms with Gasteiger partial charge in [-0.05, 0) is 44.2 Å². The summed E-state index contributed by atoms with van der Waals surface area (Å²) in [6.45, 7) is 3.55. The van der Waals surface area contributed by atoms with Crippen LogP contribution < -0.4 is 16.2 Å². The third kappa shape index (κ3) is 5.33. The zero-order chi connectivity index (χ0) is 22.4. The number of H-pyrrole nitrogens is 1. The quantitative estimate of drug-likeness (QED) is 0.498. The van der Waals surface area contributed by atoms with E-state index in [0.29, 0.717) is 27.7 Å². The number of nitrogens with one attached hydrogen (secondary N) is 3. The maximum absolute atomic E-state index is 12.4. The molecule has 9 heteroatoms. The smallest absolute Gasteiger partial charge is 0.338 e. The number of hydrogen-bond donors (Lipinski definition) is 3. The van der Waals surface area contributed by atoms with Crippen LogP contribution in [-0.4, -0.2) is 40.6 Å². The summed E-state index contributed by atoms with van der Waals surface area (Å²) in [4.78, 5) is 48.3. The van der Waals surface area contributed by atoms with Crippen LogP contribution in [-0.2, 0) is 20.7 Å². The van der Waals surface area contributed by atoms with Crippen molar-refractivity contribution in [3.05, 3.63) is 70.1 Å². The molecular weight excluding hydrogens is 400 g/mol. The van der Waals surface area contributed by atoms with Crippen LogP contribution in [0.3, 0.4) is 0 Å². The molecule has 0 aliphatic carbocycles. The predicted molar refractivity (Wildman–Crippen MR) is 115 cm³/mol. The lowest BCUT2D eigenvalue weighted by atomic mass is 10.1. The number of anilines is 1. The fourth-order valence-electron chi connectivity index (χ4n) is 2.97. The van der Waals surface area contributed by atoms with Gasteiger partial charge in [-0.1, -0.05) is 18.2 Å². The Kier molecular flexibility index (Phi) is 6.76. The van der Waals surface area contributed by atoms with Crippen molar-refractivity contribution in [3.63, 3.8) is 0 Å². The largest absolute Gasteiger partial charge is 0.462 e. The van der Waals surface area contributed by atoms with Crippen LogP contribution in [0.15, 0.2) is 53.3 Å². The van der Waals surface area contributed by atoms with Crippen LogP contribution in [0.1, 0.15) is 29.9 Å². The van der Waals surface area contributed by atoms with E-state index >= 15 is 0 Å². The molecule has 3 N–H and O–H groups in total. The van der Waals surface area contributed by atoms with Crippen LogP contribution in [0.25, 0.3) is 10.8 Å². The Morgan fingerprint density at radius 3 is 2.42 bits per heavy atom. The van der Waals surface area contributed by atoms with Crippen LogP contribution in [0.2, 0.25) is 0 Å². The number of carbonyl (C=O) groups excluding carboxylic acids is 3. The van der Waals surface area contributed by atoms with Gasteiger partial charge in [0.2, 0.25) is 11.8 Å². The number of hydrogen-bond acceptors (Lipinski definition) is 6. The van der Waals surface area contributed by atoms with Gasteiger partial charge in [-0.2, -0.15) is 5.10 Å². The number of benzene rings is 2. The molecule has 0 spiro atoms. The van der Waals surface area contributed by atoms with Gasteiger partial charge < -0.3 is 15.4 Å². The summed E-state index contributed by atoms with van der Waals surface area (Å²) in [5.41, 5.74) is 0.936. The number of ether oxygens (including phenoxy) is 1. The zero-order valence-corrected chi connectivity index (χ0v) is 17.1. The molecule has 1 aromatic heterocycles. The Hall–Kier alpha value is -4.01. The Labute approximate surface area is 177 Å². The molecule has 3 aromatic rings. The van der Waals surface area contributed by atoms with E-state index in [1.807, 2.05) is 0 Å². The van der Waals surface area contributed by atoms with Crippen LogP contribution >= 0.6 is 0 Å². The van der Waals surface area contributed by atoms with Crippen molar-refractivity contribution in [1.29, 1.82) is 0 Å². The normalized spacial score (nSPS) is 11.5. The summed E-state index contributed by atoms with van der Waals surface area (Å²) < 4.78 is 4.91. The van der Waals surface area contributed by atoms with E-state index in [9.17, 15) is 19.2 Å². The van der Waals surface area contributed by atoms with Gasteiger partial charge in [-0.15, -0.1) is 0 Å². The summed E-state index contributed by atoms with van der Waals surface area (Å²) in [6, 6.07) is 12.3. The number of nitrogens with zero attached hydrogens (tertiary/aromatic N) is 1. The average Bonchev–Trinajstić information content (AvgIpc) is 2.76. The van der Waals surface area contributed by atoms with Crippen molar-refractivity contribution in [1.82, 2.24) is 15.5 Å². The minimum atomic E-state index is -0.814. The van der Waals surface area contributed by atoms with E-state index in [2.05, 4.69) is 20.8 Å². The van der Waals surface area contributed by atoms with Gasteiger partial charge in [0.05, 0.1) is 29.7 Å². The third-order valence-electron chi connectivity index (χ3n) is 4.54. The Bertz CT molecular complexity index is 1170. The average molecular weight is 422 g/mol. The van der Waals surface area contributed by atoms with E-state index in [1.165, 1.54) is 0 Å². The molecular formula is C22H22N4O5. The van der Waals surface area contributed by atoms with Crippen LogP contribution in [0.5, 0.6) is 0 Å². The molecule has 0 radical (unpaired) electrons. The van der Waals surface area contributed by atoms with Gasteiger partial charge in [0.15, 0.2) is 0 Å². The van der Waals surface area contributed by atoms with Crippen molar-refractivity contribution in [2.75, 3.05) is 11.9 Å². The summed E-state index contributed by atoms with van der Waals surface area (Å²) in [5, 5.41) is 12.7. The minimum Gasteiger partial charge on any atom is -0.462 e. The second kappa shape index (κ2) is 9.66. The van der Waals surface area contributed by atoms with Crippen molar-refractivity contribution in [2.45, 2.75) is 26.3 Å². The molecule has 1 heterocycles. The fourth-order valence-corrected chi connectivity index (χ4v) is 2.97. The van der Waals surface area contributed by atoms with Crippen LogP contribution in [0, 0.1) is 0 Å². The maximum Gasteiger partial charge on any atom is 0.338 e. The first kappa shape index (κ1) is 21.7. The summed E-state index contributed by atoms with van der Waals surface area (Å²) in [7, 11) is 0. The standard InChI is InChI=1S/C22H22N4O5/c1-3-31-22(30)14-8-10-15(11-9-14)24-20(28)13(2)23-19(27)12-18-16-6-4-5-7-17(16)21(29)26-25-18/h4-11,13H,3,12H2,1-2H3,(H,23,27)(H,24,28)(H,26,29). The van der Waals surface area contributed by atoms with Crippen molar-refractivity contribution >= 4 is 34.2 Å². The first-order chi connectivity index (χ1) is 14.9. The van der Waals surface area contributed by atoms with Gasteiger partial charge in [-0.3, -0.25) is 14.4 Å². The summed E-state index contributed by atoms with van der Waals surface area (Å²) in [6.07, 6.45) is -0.0941. The number of aromatic amines is 1. The lowest BCUT2D eigenvalue weighted by molar-refractivity contribution is -0.125. The number of esters is 1. The molecule has 0 bridgehead atoms. The third-order valence-corrected chi connectivity index (χ3v) is 4.54. The van der Waals surface area contributed by atoms with E-state index in [0.717, 1.165) is 0 Å². The Morgan fingerprint density at radius 1 is 1.06 bits per heavy atom. The first-order valence-corrected chi connectivity index (χ1v) is 9.72. The molecule has 2 aromatic carbocycles. The van der Waals surface area contributed by atoms with Crippen molar-refractivity contribution in [3.8, 4) is 0 Å². The highest BCUT2D eigenvalue weighted by Crippen LogP contribution is 2.13. The number of rotatable bonds is 7.